The normalized spacial score (nSPS) is 11.4. The molecule has 0 saturated heterocycles. The number of anilines is 1. The average Bonchev–Trinajstić information content (AvgIpc) is 2.81. The molecule has 0 radical (unpaired) electrons. The molecule has 0 atom stereocenters. The quantitative estimate of drug-likeness (QED) is 0.866. The molecule has 1 N–H and O–H groups in total. The predicted octanol–water partition coefficient (Wildman–Crippen LogP) is 3.64. The van der Waals surface area contributed by atoms with Gasteiger partial charge in [-0.15, -0.1) is 0 Å². The Bertz CT molecular complexity index is 590. The summed E-state index contributed by atoms with van der Waals surface area (Å²) >= 11 is 9.54. The van der Waals surface area contributed by atoms with Gasteiger partial charge in [0.05, 0.1) is 27.0 Å². The van der Waals surface area contributed by atoms with E-state index >= 15 is 0 Å². The Morgan fingerprint density at radius 2 is 2.21 bits per heavy atom. The molecule has 0 unspecified atom stereocenters. The summed E-state index contributed by atoms with van der Waals surface area (Å²) in [6.45, 7) is 3.56. The van der Waals surface area contributed by atoms with E-state index in [0.29, 0.717) is 16.4 Å². The third-order valence-corrected chi connectivity index (χ3v) is 3.20. The molecule has 0 fully saturated rings. The molecule has 2 aromatic rings. The van der Waals surface area contributed by atoms with E-state index in [2.05, 4.69) is 26.2 Å². The number of hydrogen-bond donors (Lipinski definition) is 1. The van der Waals surface area contributed by atoms with Crippen LogP contribution in [0.3, 0.4) is 0 Å². The topological polar surface area (TPSA) is 46.9 Å². The fourth-order valence-corrected chi connectivity index (χ4v) is 1.91. The Morgan fingerprint density at radius 3 is 2.79 bits per heavy atom. The highest BCUT2D eigenvalue weighted by atomic mass is 79.9. The summed E-state index contributed by atoms with van der Waals surface area (Å²) in [7, 11) is 0. The maximum atomic E-state index is 12.0. The van der Waals surface area contributed by atoms with Gasteiger partial charge in [-0.3, -0.25) is 4.79 Å². The molecule has 2 rings (SSSR count). The second kappa shape index (κ2) is 5.35. The number of alkyl halides is 1. The van der Waals surface area contributed by atoms with Crippen molar-refractivity contribution in [3.05, 3.63) is 41.9 Å². The number of para-hydroxylation sites is 1. The molecule has 19 heavy (non-hydrogen) atoms. The van der Waals surface area contributed by atoms with Crippen molar-refractivity contribution < 1.29 is 4.79 Å². The van der Waals surface area contributed by atoms with Crippen molar-refractivity contribution in [1.29, 1.82) is 0 Å². The van der Waals surface area contributed by atoms with Crippen LogP contribution in [0.2, 0.25) is 5.02 Å². The molecule has 4 nitrogen and oxygen atoms in total. The van der Waals surface area contributed by atoms with Crippen LogP contribution in [0.25, 0.3) is 5.69 Å². The number of carbonyl (C=O) groups excluding carboxylic acids is 1. The summed E-state index contributed by atoms with van der Waals surface area (Å²) in [5.41, 5.74) is 1.34. The lowest BCUT2D eigenvalue weighted by molar-refractivity contribution is -0.117. The monoisotopic (exact) mass is 341 g/mol. The molecule has 0 spiro atoms. The maximum Gasteiger partial charge on any atom is 0.240 e. The average molecular weight is 343 g/mol. The van der Waals surface area contributed by atoms with Gasteiger partial charge in [0, 0.05) is 12.4 Å². The highest BCUT2D eigenvalue weighted by molar-refractivity contribution is 9.10. The van der Waals surface area contributed by atoms with Crippen LogP contribution in [-0.2, 0) is 4.79 Å². The van der Waals surface area contributed by atoms with E-state index in [9.17, 15) is 4.79 Å². The van der Waals surface area contributed by atoms with E-state index in [-0.39, 0.29) is 5.91 Å². The number of nitrogens with one attached hydrogen (secondary N) is 1. The summed E-state index contributed by atoms with van der Waals surface area (Å²) in [6, 6.07) is 5.36. The van der Waals surface area contributed by atoms with Gasteiger partial charge in [0.15, 0.2) is 0 Å². The van der Waals surface area contributed by atoms with Gasteiger partial charge < -0.3 is 9.88 Å². The van der Waals surface area contributed by atoms with E-state index in [0.717, 1.165) is 0 Å². The number of benzene rings is 1. The third kappa shape index (κ3) is 3.16. The number of halogens is 2. The number of carbonyl (C=O) groups is 1. The van der Waals surface area contributed by atoms with E-state index in [4.69, 9.17) is 11.6 Å². The van der Waals surface area contributed by atoms with Gasteiger partial charge in [-0.2, -0.15) is 0 Å². The Morgan fingerprint density at radius 1 is 1.47 bits per heavy atom. The number of amides is 1. The molecule has 100 valence electrons. The smallest absolute Gasteiger partial charge is 0.240 e. The molecular formula is C13H13BrClN3O. The molecule has 0 aliphatic heterocycles. The van der Waals surface area contributed by atoms with Crippen LogP contribution < -0.4 is 5.32 Å². The second-order valence-electron chi connectivity index (χ2n) is 4.53. The second-order valence-corrected chi connectivity index (χ2v) is 6.92. The highest BCUT2D eigenvalue weighted by Gasteiger charge is 2.24. The number of aromatic nitrogens is 2. The summed E-state index contributed by atoms with van der Waals surface area (Å²) < 4.78 is 1.11. The molecule has 1 aromatic carbocycles. The molecule has 0 aliphatic rings. The Labute approximate surface area is 124 Å². The number of nitrogens with zero attached hydrogens (tertiary/aromatic N) is 2. The highest BCUT2D eigenvalue weighted by Crippen LogP contribution is 2.29. The first-order valence-electron chi connectivity index (χ1n) is 5.67. The van der Waals surface area contributed by atoms with Gasteiger partial charge in [-0.05, 0) is 26.0 Å². The van der Waals surface area contributed by atoms with Crippen molar-refractivity contribution in [2.24, 2.45) is 0 Å². The molecule has 0 aliphatic carbocycles. The lowest BCUT2D eigenvalue weighted by Gasteiger charge is -2.18. The van der Waals surface area contributed by atoms with Crippen LogP contribution in [0.1, 0.15) is 13.8 Å². The Balaban J connectivity index is 2.42. The molecule has 0 bridgehead atoms. The minimum Gasteiger partial charge on any atom is -0.323 e. The zero-order chi connectivity index (χ0) is 14.0. The van der Waals surface area contributed by atoms with Crippen molar-refractivity contribution >= 4 is 39.1 Å². The third-order valence-electron chi connectivity index (χ3n) is 2.54. The number of rotatable bonds is 3. The van der Waals surface area contributed by atoms with Crippen LogP contribution in [0.4, 0.5) is 5.69 Å². The van der Waals surface area contributed by atoms with Gasteiger partial charge >= 0.3 is 0 Å². The number of hydrogen-bond acceptors (Lipinski definition) is 2. The van der Waals surface area contributed by atoms with Crippen LogP contribution in [0.5, 0.6) is 0 Å². The van der Waals surface area contributed by atoms with Crippen LogP contribution in [0, 0.1) is 0 Å². The molecule has 1 heterocycles. The van der Waals surface area contributed by atoms with Crippen molar-refractivity contribution in [2.45, 2.75) is 18.2 Å². The zero-order valence-electron chi connectivity index (χ0n) is 10.5. The lowest BCUT2D eigenvalue weighted by atomic mass is 10.2. The van der Waals surface area contributed by atoms with Crippen LogP contribution in [-0.4, -0.2) is 19.8 Å². The minimum absolute atomic E-state index is 0.142. The summed E-state index contributed by atoms with van der Waals surface area (Å²) in [4.78, 5) is 16.0. The Kier molecular flexibility index (Phi) is 3.96. The first-order valence-corrected chi connectivity index (χ1v) is 6.84. The Hall–Kier alpha value is -1.33. The first kappa shape index (κ1) is 14.1. The molecule has 6 heteroatoms. The summed E-state index contributed by atoms with van der Waals surface area (Å²) in [5.74, 6) is -0.142. The van der Waals surface area contributed by atoms with E-state index in [1.54, 1.807) is 55.3 Å². The summed E-state index contributed by atoms with van der Waals surface area (Å²) in [5, 5.41) is 3.41. The van der Waals surface area contributed by atoms with E-state index in [1.807, 2.05) is 0 Å². The molecule has 1 aromatic heterocycles. The molecular weight excluding hydrogens is 330 g/mol. The van der Waals surface area contributed by atoms with Crippen LogP contribution in [0.15, 0.2) is 36.9 Å². The van der Waals surface area contributed by atoms with Gasteiger partial charge in [-0.1, -0.05) is 33.6 Å². The zero-order valence-corrected chi connectivity index (χ0v) is 12.9. The van der Waals surface area contributed by atoms with E-state index in [1.165, 1.54) is 0 Å². The van der Waals surface area contributed by atoms with Crippen LogP contribution >= 0.6 is 27.5 Å². The van der Waals surface area contributed by atoms with Gasteiger partial charge in [0.2, 0.25) is 5.91 Å². The van der Waals surface area contributed by atoms with Crippen molar-refractivity contribution in [3.8, 4) is 5.69 Å². The van der Waals surface area contributed by atoms with Gasteiger partial charge in [0.25, 0.3) is 0 Å². The fourth-order valence-electron chi connectivity index (χ4n) is 1.54. The van der Waals surface area contributed by atoms with E-state index < -0.39 is 4.32 Å². The lowest BCUT2D eigenvalue weighted by Crippen LogP contribution is -2.31. The molecule has 0 saturated carbocycles. The van der Waals surface area contributed by atoms with Crippen molar-refractivity contribution in [2.75, 3.05) is 5.32 Å². The number of imidazole rings is 1. The minimum atomic E-state index is -0.651. The van der Waals surface area contributed by atoms with Gasteiger partial charge in [-0.25, -0.2) is 4.98 Å². The van der Waals surface area contributed by atoms with Crippen molar-refractivity contribution in [3.63, 3.8) is 0 Å². The predicted molar refractivity (Wildman–Crippen MR) is 80.2 cm³/mol. The fraction of sp³-hybridized carbons (Fsp3) is 0.231. The molecule has 1 amide bonds. The SMILES string of the molecule is CC(C)(Br)C(=O)Nc1cccc(Cl)c1-n1ccnc1. The van der Waals surface area contributed by atoms with Crippen molar-refractivity contribution in [1.82, 2.24) is 9.55 Å². The maximum absolute atomic E-state index is 12.0. The first-order chi connectivity index (χ1) is 8.89. The van der Waals surface area contributed by atoms with Gasteiger partial charge in [0.1, 0.15) is 0 Å². The standard InChI is InChI=1S/C13H13BrClN3O/c1-13(2,14)12(19)17-10-5-3-4-9(15)11(10)18-7-6-16-8-18/h3-8H,1-2H3,(H,17,19). The largest absolute Gasteiger partial charge is 0.323 e. The summed E-state index contributed by atoms with van der Waals surface area (Å²) in [6.07, 6.45) is 5.07.